The van der Waals surface area contributed by atoms with Crippen molar-refractivity contribution < 1.29 is 23.8 Å². The summed E-state index contributed by atoms with van der Waals surface area (Å²) < 4.78 is 18.7. The second kappa shape index (κ2) is 6.36. The van der Waals surface area contributed by atoms with Gasteiger partial charge >= 0.3 is 0 Å². The summed E-state index contributed by atoms with van der Waals surface area (Å²) in [6.45, 7) is 0. The van der Waals surface area contributed by atoms with Gasteiger partial charge in [0.15, 0.2) is 34.1 Å². The van der Waals surface area contributed by atoms with Crippen LogP contribution < -0.4 is 5.43 Å². The van der Waals surface area contributed by atoms with Crippen LogP contribution in [-0.4, -0.2) is 21.6 Å². The van der Waals surface area contributed by atoms with Crippen LogP contribution in [0.5, 0.6) is 5.75 Å². The summed E-state index contributed by atoms with van der Waals surface area (Å²) in [4.78, 5) is 24.3. The minimum Gasteiger partial charge on any atom is -0.502 e. The van der Waals surface area contributed by atoms with E-state index in [4.69, 9.17) is 4.42 Å². The Labute approximate surface area is 137 Å². The molecule has 3 rings (SSSR count). The molecular weight excluding hydrogens is 315 g/mol. The number of phenols is 1. The Hall–Kier alpha value is -2.21. The maximum absolute atomic E-state index is 13.4. The lowest BCUT2D eigenvalue weighted by Gasteiger charge is -2.31. The maximum atomic E-state index is 13.4. The van der Waals surface area contributed by atoms with E-state index in [2.05, 4.69) is 0 Å². The molecule has 24 heavy (non-hydrogen) atoms. The van der Waals surface area contributed by atoms with Gasteiger partial charge in [0.1, 0.15) is 0 Å². The first kappa shape index (κ1) is 16.6. The van der Waals surface area contributed by atoms with E-state index >= 15 is 0 Å². The molecule has 1 aliphatic carbocycles. The summed E-state index contributed by atoms with van der Waals surface area (Å²) >= 11 is 0. The minimum atomic E-state index is -0.924. The summed E-state index contributed by atoms with van der Waals surface area (Å²) in [5.41, 5.74) is -1.70. The molecule has 5 nitrogen and oxygen atoms in total. The number of rotatable bonds is 4. The van der Waals surface area contributed by atoms with Crippen molar-refractivity contribution in [1.82, 2.24) is 0 Å². The lowest BCUT2D eigenvalue weighted by atomic mass is 9.81. The van der Waals surface area contributed by atoms with E-state index < -0.39 is 28.4 Å². The summed E-state index contributed by atoms with van der Waals surface area (Å²) in [5, 5.41) is 20.2. The fourth-order valence-corrected chi connectivity index (χ4v) is 3.25. The van der Waals surface area contributed by atoms with Crippen LogP contribution in [0.3, 0.4) is 0 Å². The molecule has 0 unspecified atom stereocenters. The molecule has 1 saturated carbocycles. The van der Waals surface area contributed by atoms with E-state index in [-0.39, 0.29) is 23.2 Å². The number of hydrogen-bond acceptors (Lipinski definition) is 5. The van der Waals surface area contributed by atoms with Crippen LogP contribution in [0.25, 0.3) is 11.0 Å². The van der Waals surface area contributed by atoms with Crippen molar-refractivity contribution in [2.45, 2.75) is 50.5 Å². The third-order valence-corrected chi connectivity index (χ3v) is 4.70. The van der Waals surface area contributed by atoms with E-state index in [1.807, 2.05) is 0 Å². The molecule has 1 aliphatic rings. The molecule has 1 aromatic carbocycles. The number of benzene rings is 1. The molecule has 0 atom stereocenters. The lowest BCUT2D eigenvalue weighted by molar-refractivity contribution is -0.00471. The normalized spacial score (nSPS) is 17.1. The number of phenolic OH excluding ortho intramolecular Hbond substituents is 1. The summed E-state index contributed by atoms with van der Waals surface area (Å²) in [7, 11) is 0. The predicted molar refractivity (Wildman–Crippen MR) is 85.7 cm³/mol. The van der Waals surface area contributed by atoms with Gasteiger partial charge in [-0.15, -0.1) is 0 Å². The molecular formula is C18H19FO5. The first-order chi connectivity index (χ1) is 11.4. The van der Waals surface area contributed by atoms with Gasteiger partial charge in [0.05, 0.1) is 11.0 Å². The SMILES string of the molecule is O=C(CCC1(O)CCCCC1)c1cc(=O)c2ccc(F)c(O)c2o1. The molecule has 0 aliphatic heterocycles. The Bertz CT molecular complexity index is 833. The van der Waals surface area contributed by atoms with Gasteiger partial charge in [-0.25, -0.2) is 4.39 Å². The third-order valence-electron chi connectivity index (χ3n) is 4.70. The Morgan fingerprint density at radius 2 is 1.96 bits per heavy atom. The highest BCUT2D eigenvalue weighted by Crippen LogP contribution is 2.32. The smallest absolute Gasteiger partial charge is 0.198 e. The molecule has 0 amide bonds. The Morgan fingerprint density at radius 1 is 1.25 bits per heavy atom. The second-order valence-electron chi connectivity index (χ2n) is 6.46. The fraction of sp³-hybridized carbons (Fsp3) is 0.444. The molecule has 1 heterocycles. The molecule has 0 saturated heterocycles. The zero-order chi connectivity index (χ0) is 17.3. The molecule has 6 heteroatoms. The van der Waals surface area contributed by atoms with E-state index in [1.165, 1.54) is 6.07 Å². The fourth-order valence-electron chi connectivity index (χ4n) is 3.25. The first-order valence-corrected chi connectivity index (χ1v) is 8.10. The van der Waals surface area contributed by atoms with Crippen molar-refractivity contribution in [2.75, 3.05) is 0 Å². The molecule has 1 fully saturated rings. The van der Waals surface area contributed by atoms with Crippen molar-refractivity contribution in [2.24, 2.45) is 0 Å². The van der Waals surface area contributed by atoms with Gasteiger partial charge in [-0.05, 0) is 31.4 Å². The van der Waals surface area contributed by atoms with Gasteiger partial charge in [0, 0.05) is 12.5 Å². The van der Waals surface area contributed by atoms with Crippen LogP contribution in [0.1, 0.15) is 55.5 Å². The van der Waals surface area contributed by atoms with Gasteiger partial charge in [0.25, 0.3) is 0 Å². The average Bonchev–Trinajstić information content (AvgIpc) is 2.57. The highest BCUT2D eigenvalue weighted by atomic mass is 19.1. The van der Waals surface area contributed by atoms with Gasteiger partial charge < -0.3 is 14.6 Å². The quantitative estimate of drug-likeness (QED) is 0.838. The van der Waals surface area contributed by atoms with Gasteiger partial charge in [-0.1, -0.05) is 19.3 Å². The zero-order valence-electron chi connectivity index (χ0n) is 13.2. The Kier molecular flexibility index (Phi) is 4.41. The van der Waals surface area contributed by atoms with E-state index in [1.54, 1.807) is 0 Å². The summed E-state index contributed by atoms with van der Waals surface area (Å²) in [6, 6.07) is 3.22. The van der Waals surface area contributed by atoms with E-state index in [0.717, 1.165) is 31.4 Å². The van der Waals surface area contributed by atoms with Gasteiger partial charge in [0.2, 0.25) is 0 Å². The van der Waals surface area contributed by atoms with E-state index in [9.17, 15) is 24.2 Å². The van der Waals surface area contributed by atoms with E-state index in [0.29, 0.717) is 19.3 Å². The number of halogens is 1. The highest BCUT2D eigenvalue weighted by molar-refractivity contribution is 5.95. The number of aliphatic hydroxyl groups is 1. The molecule has 0 radical (unpaired) electrons. The van der Waals surface area contributed by atoms with Gasteiger partial charge in [-0.3, -0.25) is 9.59 Å². The number of fused-ring (bicyclic) bond motifs is 1. The topological polar surface area (TPSA) is 87.7 Å². The standard InChI is InChI=1S/C18H19FO5/c19-12-5-4-11-14(21)10-15(24-17(11)16(12)22)13(20)6-9-18(23)7-2-1-3-8-18/h4-5,10,22-23H,1-3,6-9H2. The minimum absolute atomic E-state index is 0.0105. The van der Waals surface area contributed by atoms with Crippen LogP contribution in [0.15, 0.2) is 27.4 Å². The first-order valence-electron chi connectivity index (χ1n) is 8.10. The van der Waals surface area contributed by atoms with Crippen molar-refractivity contribution in [3.05, 3.63) is 40.0 Å². The molecule has 2 N–H and O–H groups in total. The third kappa shape index (κ3) is 3.19. The number of carbonyl (C=O) groups is 1. The monoisotopic (exact) mass is 334 g/mol. The molecule has 1 aromatic heterocycles. The zero-order valence-corrected chi connectivity index (χ0v) is 13.2. The van der Waals surface area contributed by atoms with Crippen LogP contribution in [-0.2, 0) is 0 Å². The van der Waals surface area contributed by atoms with Gasteiger partial charge in [-0.2, -0.15) is 0 Å². The molecule has 0 spiro atoms. The maximum Gasteiger partial charge on any atom is 0.198 e. The van der Waals surface area contributed by atoms with Crippen LogP contribution in [0.2, 0.25) is 0 Å². The van der Waals surface area contributed by atoms with Crippen LogP contribution in [0, 0.1) is 5.82 Å². The number of Topliss-reactive ketones (excluding diaryl/α,β-unsaturated/α-hetero) is 1. The second-order valence-corrected chi connectivity index (χ2v) is 6.46. The Balaban J connectivity index is 1.85. The highest BCUT2D eigenvalue weighted by Gasteiger charge is 2.30. The lowest BCUT2D eigenvalue weighted by Crippen LogP contribution is -2.31. The number of hydrogen-bond donors (Lipinski definition) is 2. The molecule has 2 aromatic rings. The molecule has 0 bridgehead atoms. The largest absolute Gasteiger partial charge is 0.502 e. The summed E-state index contributed by atoms with van der Waals surface area (Å²) in [6.07, 6.45) is 4.60. The van der Waals surface area contributed by atoms with Crippen LogP contribution >= 0.6 is 0 Å². The number of ketones is 1. The number of aromatic hydroxyl groups is 1. The van der Waals surface area contributed by atoms with Crippen molar-refractivity contribution in [1.29, 1.82) is 0 Å². The molecule has 128 valence electrons. The Morgan fingerprint density at radius 3 is 2.67 bits per heavy atom. The van der Waals surface area contributed by atoms with Crippen molar-refractivity contribution in [3.8, 4) is 5.75 Å². The number of carbonyl (C=O) groups excluding carboxylic acids is 1. The summed E-state index contributed by atoms with van der Waals surface area (Å²) in [5.74, 6) is -2.39. The van der Waals surface area contributed by atoms with Crippen molar-refractivity contribution >= 4 is 16.8 Å². The van der Waals surface area contributed by atoms with Crippen molar-refractivity contribution in [3.63, 3.8) is 0 Å². The van der Waals surface area contributed by atoms with Crippen LogP contribution in [0.4, 0.5) is 4.39 Å². The average molecular weight is 334 g/mol. The predicted octanol–water partition coefficient (Wildman–Crippen LogP) is 3.30.